The van der Waals surface area contributed by atoms with Crippen molar-refractivity contribution in [2.45, 2.75) is 150 Å². The monoisotopic (exact) mass is 995 g/mol. The zero-order valence-corrected chi connectivity index (χ0v) is 46.9. The van der Waals surface area contributed by atoms with E-state index in [0.717, 1.165) is 59.6 Å². The van der Waals surface area contributed by atoms with E-state index in [9.17, 15) is 4.79 Å². The summed E-state index contributed by atoms with van der Waals surface area (Å²) in [7, 11) is 2.89. The summed E-state index contributed by atoms with van der Waals surface area (Å²) < 4.78 is 48.9. The van der Waals surface area contributed by atoms with Crippen molar-refractivity contribution in [2.24, 2.45) is 29.6 Å². The lowest BCUT2D eigenvalue weighted by Gasteiger charge is -2.44. The molecule has 3 aromatic rings. The van der Waals surface area contributed by atoms with Gasteiger partial charge in [-0.2, -0.15) is 0 Å². The first-order valence-corrected chi connectivity index (χ1v) is 28.7. The van der Waals surface area contributed by atoms with Gasteiger partial charge in [0.2, 0.25) is 0 Å². The lowest BCUT2D eigenvalue weighted by Crippen LogP contribution is -2.49. The number of ether oxygens (including phenoxy) is 7. The zero-order valence-electron chi connectivity index (χ0n) is 45.9. The SMILES string of the molecule is C=CC=C[C@H](C)[C@@H](O[Si](C)(C)C(C)(C)C)[C@H](C)[C@@H](CCC=C[C@H](C)[C@@H](OCc1ccc(OC)cc1)[C@@H](C)C=CCC[C@@H](OCc1ccc(OC)cc1)[C@H](C)C=CC(=O)OCC)OCc1ccc(OC)cc1. The highest BCUT2D eigenvalue weighted by molar-refractivity contribution is 6.74. The van der Waals surface area contributed by atoms with Crippen molar-refractivity contribution < 1.29 is 42.4 Å². The Hall–Kier alpha value is -4.71. The molecule has 0 aliphatic heterocycles. The largest absolute Gasteiger partial charge is 0.497 e. The number of rotatable bonds is 33. The van der Waals surface area contributed by atoms with Crippen LogP contribution in [0.4, 0.5) is 0 Å². The molecule has 3 rings (SSSR count). The average molecular weight is 995 g/mol. The Kier molecular flexibility index (Phi) is 27.0. The quantitative estimate of drug-likeness (QED) is 0.0194. The summed E-state index contributed by atoms with van der Waals surface area (Å²) in [6, 6.07) is 24.1. The van der Waals surface area contributed by atoms with Crippen molar-refractivity contribution >= 4 is 14.3 Å². The summed E-state index contributed by atoms with van der Waals surface area (Å²) >= 11 is 0. The maximum atomic E-state index is 12.2. The molecule has 3 aromatic carbocycles. The maximum absolute atomic E-state index is 12.2. The van der Waals surface area contributed by atoms with E-state index in [-0.39, 0.29) is 65.0 Å². The molecule has 0 bridgehead atoms. The standard InChI is InChI=1S/C61H90O9Si/c1-16-18-23-48(6)60(70-71(14,15)61(8,9)10)49(7)57(68-43-51-31-37-54(64-12)38-32-51)27-22-20-25-47(5)59(69-44-52-33-39-55(65-13)40-34-52)46(4)24-19-21-26-56(45(3)28-41-58(62)66-17-2)67-42-50-29-35-53(63-11)36-30-50/h16,18-20,23-25,28-41,45-49,56-57,59-60H,1,17,21-22,26-27,42-44H2,2-15H3/t45-,46+,47+,48+,49-,56-,57-,59+,60-/m1/s1. The van der Waals surface area contributed by atoms with Crippen LogP contribution in [0.5, 0.6) is 17.2 Å². The Bertz CT molecular complexity index is 2070. The van der Waals surface area contributed by atoms with Crippen LogP contribution in [0, 0.1) is 29.6 Å². The van der Waals surface area contributed by atoms with Gasteiger partial charge in [0.05, 0.1) is 72.2 Å². The molecule has 10 heteroatoms. The summed E-state index contributed by atoms with van der Waals surface area (Å²) in [5.41, 5.74) is 3.24. The molecule has 0 heterocycles. The molecular weight excluding hydrogens is 905 g/mol. The van der Waals surface area contributed by atoms with Crippen molar-refractivity contribution in [1.82, 2.24) is 0 Å². The third kappa shape index (κ3) is 21.5. The summed E-state index contributed by atoms with van der Waals surface area (Å²) in [4.78, 5) is 12.2. The molecule has 9 nitrogen and oxygen atoms in total. The zero-order chi connectivity index (χ0) is 52.4. The van der Waals surface area contributed by atoms with Crippen LogP contribution in [0.3, 0.4) is 0 Å². The predicted molar refractivity (Wildman–Crippen MR) is 294 cm³/mol. The van der Waals surface area contributed by atoms with Gasteiger partial charge in [0.15, 0.2) is 8.32 Å². The topological polar surface area (TPSA) is 90.9 Å². The third-order valence-corrected chi connectivity index (χ3v) is 18.3. The smallest absolute Gasteiger partial charge is 0.330 e. The molecular formula is C61H90O9Si. The lowest BCUT2D eigenvalue weighted by molar-refractivity contribution is -0.137. The predicted octanol–water partition coefficient (Wildman–Crippen LogP) is 14.9. The van der Waals surface area contributed by atoms with Crippen LogP contribution in [0.25, 0.3) is 0 Å². The Morgan fingerprint density at radius 1 is 0.592 bits per heavy atom. The van der Waals surface area contributed by atoms with Crippen molar-refractivity contribution in [3.05, 3.63) is 151 Å². The molecule has 0 N–H and O–H groups in total. The number of methoxy groups -OCH3 is 3. The Morgan fingerprint density at radius 3 is 1.44 bits per heavy atom. The van der Waals surface area contributed by atoms with Crippen LogP contribution < -0.4 is 14.2 Å². The number of allylic oxidation sites excluding steroid dienone is 4. The van der Waals surface area contributed by atoms with Crippen LogP contribution in [-0.2, 0) is 48.0 Å². The van der Waals surface area contributed by atoms with Crippen LogP contribution >= 0.6 is 0 Å². The van der Waals surface area contributed by atoms with Gasteiger partial charge < -0.3 is 37.6 Å². The summed E-state index contributed by atoms with van der Waals surface area (Å²) in [5, 5.41) is 0.0568. The van der Waals surface area contributed by atoms with Gasteiger partial charge in [-0.15, -0.1) is 0 Å². The van der Waals surface area contributed by atoms with Crippen LogP contribution in [0.1, 0.15) is 105 Å². The Morgan fingerprint density at radius 2 is 1.01 bits per heavy atom. The van der Waals surface area contributed by atoms with Gasteiger partial charge in [-0.05, 0) is 110 Å². The molecule has 0 fully saturated rings. The third-order valence-electron chi connectivity index (χ3n) is 13.8. The van der Waals surface area contributed by atoms with Gasteiger partial charge >= 0.3 is 5.97 Å². The normalized spacial score (nSPS) is 16.4. The van der Waals surface area contributed by atoms with E-state index in [1.54, 1.807) is 21.3 Å². The summed E-state index contributed by atoms with van der Waals surface area (Å²) in [5.74, 6) is 2.55. The van der Waals surface area contributed by atoms with Crippen molar-refractivity contribution in [1.29, 1.82) is 0 Å². The fourth-order valence-electron chi connectivity index (χ4n) is 8.23. The molecule has 0 unspecified atom stereocenters. The molecule has 0 aliphatic rings. The van der Waals surface area contributed by atoms with E-state index < -0.39 is 8.32 Å². The van der Waals surface area contributed by atoms with E-state index in [1.807, 2.05) is 73.7 Å². The Balaban J connectivity index is 1.85. The van der Waals surface area contributed by atoms with E-state index in [0.29, 0.717) is 26.4 Å². The molecule has 0 saturated carbocycles. The van der Waals surface area contributed by atoms with Crippen molar-refractivity contribution in [3.8, 4) is 17.2 Å². The first-order chi connectivity index (χ1) is 33.9. The van der Waals surface area contributed by atoms with Crippen LogP contribution in [0.15, 0.2) is 134 Å². The maximum Gasteiger partial charge on any atom is 0.330 e. The number of carbonyl (C=O) groups is 1. The van der Waals surface area contributed by atoms with Crippen molar-refractivity contribution in [2.75, 3.05) is 27.9 Å². The molecule has 9 atom stereocenters. The number of carbonyl (C=O) groups excluding carboxylic acids is 1. The second-order valence-electron chi connectivity index (χ2n) is 20.4. The highest BCUT2D eigenvalue weighted by atomic mass is 28.4. The minimum atomic E-state index is -2.14. The minimum absolute atomic E-state index is 0.0160. The fraction of sp³-hybridized carbons (Fsp3) is 0.525. The Labute approximate surface area is 430 Å². The molecule has 71 heavy (non-hydrogen) atoms. The molecule has 0 aliphatic carbocycles. The van der Waals surface area contributed by atoms with Crippen molar-refractivity contribution in [3.63, 3.8) is 0 Å². The number of benzene rings is 3. The van der Waals surface area contributed by atoms with Gasteiger partial charge in [0.25, 0.3) is 0 Å². The number of esters is 1. The van der Waals surface area contributed by atoms with E-state index in [2.05, 4.69) is 130 Å². The number of hydrogen-bond acceptors (Lipinski definition) is 9. The number of hydrogen-bond donors (Lipinski definition) is 0. The molecule has 0 spiro atoms. The van der Waals surface area contributed by atoms with E-state index in [4.69, 9.17) is 37.6 Å². The first kappa shape index (κ1) is 60.6. The van der Waals surface area contributed by atoms with Gasteiger partial charge in [-0.1, -0.05) is 147 Å². The van der Waals surface area contributed by atoms with Gasteiger partial charge in [0.1, 0.15) is 17.2 Å². The van der Waals surface area contributed by atoms with Gasteiger partial charge in [-0.25, -0.2) is 4.79 Å². The van der Waals surface area contributed by atoms with Gasteiger partial charge in [0, 0.05) is 29.7 Å². The molecule has 0 amide bonds. The average Bonchev–Trinajstić information content (AvgIpc) is 3.36. The lowest BCUT2D eigenvalue weighted by atomic mass is 9.86. The summed E-state index contributed by atoms with van der Waals surface area (Å²) in [6.07, 6.45) is 21.5. The molecule has 0 saturated heterocycles. The van der Waals surface area contributed by atoms with Gasteiger partial charge in [-0.3, -0.25) is 0 Å². The van der Waals surface area contributed by atoms with Crippen LogP contribution in [-0.4, -0.2) is 66.6 Å². The van der Waals surface area contributed by atoms with Crippen LogP contribution in [0.2, 0.25) is 18.1 Å². The molecule has 0 radical (unpaired) electrons. The minimum Gasteiger partial charge on any atom is -0.497 e. The second kappa shape index (κ2) is 31.7. The molecule has 392 valence electrons. The highest BCUT2D eigenvalue weighted by Crippen LogP contribution is 2.40. The first-order valence-electron chi connectivity index (χ1n) is 25.7. The highest BCUT2D eigenvalue weighted by Gasteiger charge is 2.42. The second-order valence-corrected chi connectivity index (χ2v) is 25.2. The molecule has 0 aromatic heterocycles. The fourth-order valence-corrected chi connectivity index (χ4v) is 9.70. The van der Waals surface area contributed by atoms with E-state index >= 15 is 0 Å². The van der Waals surface area contributed by atoms with E-state index in [1.165, 1.54) is 6.08 Å². The summed E-state index contributed by atoms with van der Waals surface area (Å²) in [6.45, 7) is 30.2.